The summed E-state index contributed by atoms with van der Waals surface area (Å²) in [5.74, 6) is -2.25. The first-order chi connectivity index (χ1) is 19.8. The number of ether oxygens (including phenoxy) is 2. The molecule has 12 nitrogen and oxygen atoms in total. The number of H-pyrrole nitrogens is 1. The number of rotatable bonds is 11. The van der Waals surface area contributed by atoms with Crippen LogP contribution in [0.4, 0.5) is 13.2 Å². The summed E-state index contributed by atoms with van der Waals surface area (Å²) < 4.78 is 79.0. The molecule has 1 aliphatic heterocycles. The zero-order valence-corrected chi connectivity index (χ0v) is 23.5. The number of hydrogen-bond donors (Lipinski definition) is 3. The normalized spacial score (nSPS) is 21.8. The van der Waals surface area contributed by atoms with Crippen molar-refractivity contribution in [2.24, 2.45) is 0 Å². The number of aliphatic hydroxyl groups is 1. The lowest BCUT2D eigenvalue weighted by Gasteiger charge is -2.30. The predicted molar refractivity (Wildman–Crippen MR) is 143 cm³/mol. The maximum absolute atomic E-state index is 14.5. The topological polar surface area (TPSA) is 158 Å². The van der Waals surface area contributed by atoms with Crippen molar-refractivity contribution in [3.63, 3.8) is 0 Å². The molecular formula is C26H29F3N3O9P. The molecule has 2 aromatic carbocycles. The maximum atomic E-state index is 14.5. The third-order valence-corrected chi connectivity index (χ3v) is 7.89. The summed E-state index contributed by atoms with van der Waals surface area (Å²) in [5.41, 5.74) is -2.42. The van der Waals surface area contributed by atoms with Crippen LogP contribution in [0, 0.1) is 5.82 Å². The number of alkyl halides is 2. The Balaban J connectivity index is 1.67. The van der Waals surface area contributed by atoms with E-state index < -0.39 is 80.3 Å². The third kappa shape index (κ3) is 7.10. The van der Waals surface area contributed by atoms with Gasteiger partial charge < -0.3 is 19.1 Å². The van der Waals surface area contributed by atoms with E-state index in [0.29, 0.717) is 21.5 Å². The molecule has 1 fully saturated rings. The molecule has 0 amide bonds. The minimum atomic E-state index is -4.90. The lowest BCUT2D eigenvalue weighted by Crippen LogP contribution is -2.44. The van der Waals surface area contributed by atoms with E-state index in [0.717, 1.165) is 0 Å². The number of aromatic amines is 1. The summed E-state index contributed by atoms with van der Waals surface area (Å²) >= 11 is 0. The highest BCUT2D eigenvalue weighted by atomic mass is 31.2. The van der Waals surface area contributed by atoms with E-state index in [9.17, 15) is 37.2 Å². The van der Waals surface area contributed by atoms with Crippen LogP contribution in [0.2, 0.25) is 0 Å². The van der Waals surface area contributed by atoms with E-state index in [-0.39, 0.29) is 5.75 Å². The SMILES string of the molecule is CC(C)OC(=O)[C@H](C)N[P@@](=O)(Oc1cccc2ccccc12)O[C@H](C(F)F)[C@H]1O[C@@H](n2cc(F)c(=O)[nH]c2=O)C[C@@H]1O. The van der Waals surface area contributed by atoms with Gasteiger partial charge in [0.25, 0.3) is 12.0 Å². The van der Waals surface area contributed by atoms with Crippen LogP contribution < -0.4 is 20.9 Å². The lowest BCUT2D eigenvalue weighted by molar-refractivity contribution is -0.149. The Morgan fingerprint density at radius 2 is 1.86 bits per heavy atom. The number of esters is 1. The fraction of sp³-hybridized carbons (Fsp3) is 0.423. The molecule has 1 aliphatic rings. The maximum Gasteiger partial charge on any atom is 0.460 e. The van der Waals surface area contributed by atoms with E-state index in [1.165, 1.54) is 13.0 Å². The van der Waals surface area contributed by atoms with Gasteiger partial charge in [0.1, 0.15) is 24.1 Å². The van der Waals surface area contributed by atoms with Crippen molar-refractivity contribution in [1.82, 2.24) is 14.6 Å². The van der Waals surface area contributed by atoms with Gasteiger partial charge in [0, 0.05) is 11.8 Å². The van der Waals surface area contributed by atoms with Crippen LogP contribution in [-0.4, -0.2) is 57.5 Å². The molecule has 2 heterocycles. The summed E-state index contributed by atoms with van der Waals surface area (Å²) in [6.45, 7) is 4.42. The van der Waals surface area contributed by atoms with Crippen LogP contribution in [0.3, 0.4) is 0 Å². The Hall–Kier alpha value is -3.49. The number of halogens is 3. The summed E-state index contributed by atoms with van der Waals surface area (Å²) in [7, 11) is -4.90. The van der Waals surface area contributed by atoms with Gasteiger partial charge in [-0.05, 0) is 32.2 Å². The molecule has 42 heavy (non-hydrogen) atoms. The molecule has 6 atom stereocenters. The van der Waals surface area contributed by atoms with E-state index in [4.69, 9.17) is 18.5 Å². The number of aromatic nitrogens is 2. The molecule has 3 N–H and O–H groups in total. The second-order valence-electron chi connectivity index (χ2n) is 9.81. The lowest BCUT2D eigenvalue weighted by atomic mass is 10.1. The van der Waals surface area contributed by atoms with Crippen LogP contribution >= 0.6 is 7.75 Å². The first kappa shape index (κ1) is 31.4. The molecule has 4 rings (SSSR count). The van der Waals surface area contributed by atoms with Gasteiger partial charge in [-0.1, -0.05) is 36.4 Å². The minimum absolute atomic E-state index is 0.0255. The molecule has 16 heteroatoms. The average Bonchev–Trinajstić information content (AvgIpc) is 3.29. The van der Waals surface area contributed by atoms with Crippen LogP contribution in [0.25, 0.3) is 10.8 Å². The Morgan fingerprint density at radius 3 is 2.55 bits per heavy atom. The van der Waals surface area contributed by atoms with Crippen molar-refractivity contribution in [2.45, 2.75) is 70.3 Å². The van der Waals surface area contributed by atoms with Gasteiger partial charge in [-0.25, -0.2) is 18.1 Å². The van der Waals surface area contributed by atoms with Gasteiger partial charge in [-0.2, -0.15) is 9.48 Å². The van der Waals surface area contributed by atoms with Gasteiger partial charge in [0.05, 0.1) is 18.4 Å². The zero-order chi connectivity index (χ0) is 30.8. The van der Waals surface area contributed by atoms with Crippen LogP contribution in [0.1, 0.15) is 33.4 Å². The first-order valence-corrected chi connectivity index (χ1v) is 14.4. The zero-order valence-electron chi connectivity index (χ0n) is 22.6. The highest BCUT2D eigenvalue weighted by Crippen LogP contribution is 2.50. The average molecular weight is 615 g/mol. The molecule has 0 saturated carbocycles. The minimum Gasteiger partial charge on any atom is -0.462 e. The fourth-order valence-corrected chi connectivity index (χ4v) is 6.02. The Labute approximate surface area is 236 Å². The summed E-state index contributed by atoms with van der Waals surface area (Å²) in [5, 5.41) is 14.0. The summed E-state index contributed by atoms with van der Waals surface area (Å²) in [6, 6.07) is 10.1. The van der Waals surface area contributed by atoms with Crippen molar-refractivity contribution in [1.29, 1.82) is 0 Å². The largest absolute Gasteiger partial charge is 0.462 e. The summed E-state index contributed by atoms with van der Waals surface area (Å²) in [4.78, 5) is 37.8. The highest BCUT2D eigenvalue weighted by molar-refractivity contribution is 7.52. The predicted octanol–water partition coefficient (Wildman–Crippen LogP) is 3.24. The smallest absolute Gasteiger partial charge is 0.460 e. The number of aliphatic hydroxyl groups excluding tert-OH is 1. The molecule has 0 spiro atoms. The van der Waals surface area contributed by atoms with E-state index in [2.05, 4.69) is 5.09 Å². The molecule has 228 valence electrons. The first-order valence-electron chi connectivity index (χ1n) is 12.8. The number of nitrogens with zero attached hydrogens (tertiary/aromatic N) is 1. The third-order valence-electron chi connectivity index (χ3n) is 6.23. The van der Waals surface area contributed by atoms with Crippen molar-refractivity contribution < 1.29 is 46.2 Å². The number of carbonyl (C=O) groups excluding carboxylic acids is 1. The second kappa shape index (κ2) is 12.8. The Morgan fingerprint density at radius 1 is 1.17 bits per heavy atom. The summed E-state index contributed by atoms with van der Waals surface area (Å²) in [6.07, 6.45) is -11.5. The second-order valence-corrected chi connectivity index (χ2v) is 11.5. The quantitative estimate of drug-likeness (QED) is 0.216. The molecule has 1 saturated heterocycles. The highest BCUT2D eigenvalue weighted by Gasteiger charge is 2.49. The molecule has 0 unspecified atom stereocenters. The molecular weight excluding hydrogens is 586 g/mol. The van der Waals surface area contributed by atoms with Crippen LogP contribution in [0.15, 0.2) is 58.3 Å². The van der Waals surface area contributed by atoms with Crippen LogP contribution in [0.5, 0.6) is 5.75 Å². The molecule has 0 aliphatic carbocycles. The number of fused-ring (bicyclic) bond motifs is 1. The van der Waals surface area contributed by atoms with E-state index in [1.54, 1.807) is 55.2 Å². The number of benzene rings is 2. The van der Waals surface area contributed by atoms with Gasteiger partial charge >= 0.3 is 19.4 Å². The monoisotopic (exact) mass is 615 g/mol. The molecule has 3 aromatic rings. The van der Waals surface area contributed by atoms with Gasteiger partial charge in [-0.15, -0.1) is 0 Å². The van der Waals surface area contributed by atoms with Gasteiger partial charge in [0.15, 0.2) is 6.10 Å². The van der Waals surface area contributed by atoms with Crippen molar-refractivity contribution >= 4 is 24.5 Å². The van der Waals surface area contributed by atoms with Crippen molar-refractivity contribution in [3.05, 3.63) is 75.3 Å². The van der Waals surface area contributed by atoms with Crippen molar-refractivity contribution in [3.8, 4) is 5.75 Å². The molecule has 0 radical (unpaired) electrons. The van der Waals surface area contributed by atoms with Crippen molar-refractivity contribution in [2.75, 3.05) is 0 Å². The Kier molecular flexibility index (Phi) is 9.58. The Bertz CT molecular complexity index is 1590. The number of hydrogen-bond acceptors (Lipinski definition) is 9. The van der Waals surface area contributed by atoms with Gasteiger partial charge in [-0.3, -0.25) is 23.7 Å². The van der Waals surface area contributed by atoms with Crippen LogP contribution in [-0.2, 0) is 23.4 Å². The standard InChI is InChI=1S/C26H29F3N3O9P/c1-13(2)38-25(35)14(3)31-42(37,40-19-10-6-8-15-7-4-5-9-16(15)19)41-22(23(28)29)21-18(33)11-20(39-21)32-12-17(27)24(34)30-26(32)36/h4-10,12-14,18,20-23,33H,11H2,1-3H3,(H,31,37)(H,30,34,36)/t14-,18-,20+,21-,22-,42+/m0/s1. The van der Waals surface area contributed by atoms with E-state index in [1.807, 2.05) is 0 Å². The fourth-order valence-electron chi connectivity index (χ4n) is 4.34. The van der Waals surface area contributed by atoms with E-state index >= 15 is 0 Å². The number of nitrogens with one attached hydrogen (secondary N) is 2. The molecule has 1 aromatic heterocycles. The molecule has 0 bridgehead atoms. The number of carbonyl (C=O) groups is 1. The van der Waals surface area contributed by atoms with Gasteiger partial charge in [0.2, 0.25) is 5.82 Å².